The van der Waals surface area contributed by atoms with Crippen molar-refractivity contribution in [2.75, 3.05) is 6.54 Å². The number of rotatable bonds is 5. The van der Waals surface area contributed by atoms with Gasteiger partial charge in [-0.15, -0.1) is 0 Å². The van der Waals surface area contributed by atoms with Gasteiger partial charge in [0.15, 0.2) is 0 Å². The van der Waals surface area contributed by atoms with Gasteiger partial charge in [-0.05, 0) is 53.9 Å². The standard InChI is InChI=1S/C16H18Cl2N2/c1-3-11-10-19-8-7-13(11)16(20-4-2)14-9-12(17)5-6-15(14)18/h5-10,16,20H,3-4H2,1-2H3. The van der Waals surface area contributed by atoms with Crippen LogP contribution in [0.2, 0.25) is 10.0 Å². The fourth-order valence-corrected chi connectivity index (χ4v) is 2.75. The molecule has 0 spiro atoms. The van der Waals surface area contributed by atoms with Crippen LogP contribution in [-0.2, 0) is 6.42 Å². The molecule has 1 aromatic carbocycles. The minimum atomic E-state index is 0.0316. The van der Waals surface area contributed by atoms with Gasteiger partial charge in [0.2, 0.25) is 0 Å². The van der Waals surface area contributed by atoms with Gasteiger partial charge < -0.3 is 5.32 Å². The summed E-state index contributed by atoms with van der Waals surface area (Å²) in [5, 5.41) is 4.90. The molecule has 0 saturated heterocycles. The molecule has 2 nitrogen and oxygen atoms in total. The highest BCUT2D eigenvalue weighted by Gasteiger charge is 2.19. The van der Waals surface area contributed by atoms with Crippen LogP contribution in [0.1, 0.15) is 36.6 Å². The predicted molar refractivity (Wildman–Crippen MR) is 85.6 cm³/mol. The van der Waals surface area contributed by atoms with Crippen molar-refractivity contribution in [3.05, 3.63) is 63.4 Å². The summed E-state index contributed by atoms with van der Waals surface area (Å²) in [5.74, 6) is 0. The highest BCUT2D eigenvalue weighted by molar-refractivity contribution is 6.33. The molecule has 106 valence electrons. The van der Waals surface area contributed by atoms with Crippen LogP contribution < -0.4 is 5.32 Å². The molecule has 1 aromatic heterocycles. The molecule has 0 aliphatic carbocycles. The summed E-state index contributed by atoms with van der Waals surface area (Å²) < 4.78 is 0. The van der Waals surface area contributed by atoms with Crippen LogP contribution in [0.5, 0.6) is 0 Å². The van der Waals surface area contributed by atoms with Gasteiger partial charge >= 0.3 is 0 Å². The summed E-state index contributed by atoms with van der Waals surface area (Å²) in [6.45, 7) is 5.06. The summed E-state index contributed by atoms with van der Waals surface area (Å²) in [6, 6.07) is 7.66. The Bertz CT molecular complexity index is 584. The maximum Gasteiger partial charge on any atom is 0.0595 e. The normalized spacial score (nSPS) is 12.4. The van der Waals surface area contributed by atoms with Crippen molar-refractivity contribution in [3.8, 4) is 0 Å². The van der Waals surface area contributed by atoms with Crippen LogP contribution in [0.25, 0.3) is 0 Å². The summed E-state index contributed by atoms with van der Waals surface area (Å²) in [7, 11) is 0. The van der Waals surface area contributed by atoms with Crippen molar-refractivity contribution in [2.24, 2.45) is 0 Å². The first kappa shape index (κ1) is 15.3. The summed E-state index contributed by atoms with van der Waals surface area (Å²) in [4.78, 5) is 4.21. The van der Waals surface area contributed by atoms with Crippen LogP contribution in [0.4, 0.5) is 0 Å². The largest absolute Gasteiger partial charge is 0.306 e. The number of aromatic nitrogens is 1. The zero-order valence-electron chi connectivity index (χ0n) is 11.7. The first-order chi connectivity index (χ1) is 9.67. The van der Waals surface area contributed by atoms with Crippen molar-refractivity contribution >= 4 is 23.2 Å². The highest BCUT2D eigenvalue weighted by atomic mass is 35.5. The lowest BCUT2D eigenvalue weighted by Crippen LogP contribution is -2.23. The third-order valence-corrected chi connectivity index (χ3v) is 3.89. The average molecular weight is 309 g/mol. The number of benzene rings is 1. The number of halogens is 2. The summed E-state index contributed by atoms with van der Waals surface area (Å²) in [5.41, 5.74) is 3.42. The van der Waals surface area contributed by atoms with Crippen molar-refractivity contribution in [1.29, 1.82) is 0 Å². The van der Waals surface area contributed by atoms with E-state index in [1.54, 1.807) is 0 Å². The fraction of sp³-hybridized carbons (Fsp3) is 0.312. The van der Waals surface area contributed by atoms with Gasteiger partial charge in [0, 0.05) is 22.4 Å². The lowest BCUT2D eigenvalue weighted by Gasteiger charge is -2.22. The zero-order chi connectivity index (χ0) is 14.5. The Morgan fingerprint density at radius 3 is 2.65 bits per heavy atom. The molecule has 1 heterocycles. The van der Waals surface area contributed by atoms with Gasteiger partial charge in [0.05, 0.1) is 6.04 Å². The molecular formula is C16H18Cl2N2. The highest BCUT2D eigenvalue weighted by Crippen LogP contribution is 2.32. The minimum Gasteiger partial charge on any atom is -0.306 e. The van der Waals surface area contributed by atoms with E-state index in [0.717, 1.165) is 23.6 Å². The quantitative estimate of drug-likeness (QED) is 0.869. The van der Waals surface area contributed by atoms with Gasteiger partial charge in [0.25, 0.3) is 0 Å². The van der Waals surface area contributed by atoms with Crippen molar-refractivity contribution < 1.29 is 0 Å². The molecule has 2 rings (SSSR count). The van der Waals surface area contributed by atoms with Gasteiger partial charge in [-0.3, -0.25) is 4.98 Å². The first-order valence-electron chi connectivity index (χ1n) is 6.78. The molecule has 1 N–H and O–H groups in total. The minimum absolute atomic E-state index is 0.0316. The molecular weight excluding hydrogens is 291 g/mol. The third kappa shape index (κ3) is 3.32. The third-order valence-electron chi connectivity index (χ3n) is 3.31. The summed E-state index contributed by atoms with van der Waals surface area (Å²) >= 11 is 12.5. The van der Waals surface area contributed by atoms with Crippen molar-refractivity contribution in [1.82, 2.24) is 10.3 Å². The van der Waals surface area contributed by atoms with Crippen LogP contribution >= 0.6 is 23.2 Å². The number of aryl methyl sites for hydroxylation is 1. The van der Waals surface area contributed by atoms with E-state index in [1.165, 1.54) is 11.1 Å². The van der Waals surface area contributed by atoms with Crippen molar-refractivity contribution in [2.45, 2.75) is 26.3 Å². The second-order valence-electron chi connectivity index (χ2n) is 4.58. The van der Waals surface area contributed by atoms with E-state index in [-0.39, 0.29) is 6.04 Å². The molecule has 2 aromatic rings. The molecule has 1 atom stereocenters. The second-order valence-corrected chi connectivity index (χ2v) is 5.43. The Balaban J connectivity index is 2.53. The number of hydrogen-bond acceptors (Lipinski definition) is 2. The molecule has 0 aliphatic rings. The number of hydrogen-bond donors (Lipinski definition) is 1. The molecule has 0 fully saturated rings. The number of nitrogens with zero attached hydrogens (tertiary/aromatic N) is 1. The van der Waals surface area contributed by atoms with E-state index >= 15 is 0 Å². The fourth-order valence-electron chi connectivity index (χ4n) is 2.34. The maximum absolute atomic E-state index is 6.36. The van der Waals surface area contributed by atoms with E-state index in [1.807, 2.05) is 36.7 Å². The molecule has 4 heteroatoms. The Labute approximate surface area is 130 Å². The zero-order valence-corrected chi connectivity index (χ0v) is 13.2. The molecule has 0 bridgehead atoms. The number of pyridine rings is 1. The van der Waals surface area contributed by atoms with Crippen LogP contribution in [0, 0.1) is 0 Å². The lowest BCUT2D eigenvalue weighted by molar-refractivity contribution is 0.625. The van der Waals surface area contributed by atoms with Gasteiger partial charge in [0.1, 0.15) is 0 Å². The molecule has 0 amide bonds. The van der Waals surface area contributed by atoms with Gasteiger partial charge in [-0.1, -0.05) is 37.0 Å². The predicted octanol–water partition coefficient (Wildman–Crippen LogP) is 4.65. The van der Waals surface area contributed by atoms with E-state index in [4.69, 9.17) is 23.2 Å². The van der Waals surface area contributed by atoms with Gasteiger partial charge in [-0.2, -0.15) is 0 Å². The first-order valence-corrected chi connectivity index (χ1v) is 7.54. The van der Waals surface area contributed by atoms with E-state index < -0.39 is 0 Å². The van der Waals surface area contributed by atoms with Crippen LogP contribution in [0.15, 0.2) is 36.7 Å². The molecule has 0 aliphatic heterocycles. The van der Waals surface area contributed by atoms with Crippen LogP contribution in [-0.4, -0.2) is 11.5 Å². The Morgan fingerprint density at radius 2 is 1.95 bits per heavy atom. The maximum atomic E-state index is 6.36. The Hall–Kier alpha value is -1.09. The Kier molecular flexibility index (Phi) is 5.41. The monoisotopic (exact) mass is 308 g/mol. The molecule has 20 heavy (non-hydrogen) atoms. The SMILES string of the molecule is CCNC(c1cc(Cl)ccc1Cl)c1ccncc1CC. The van der Waals surface area contributed by atoms with E-state index in [9.17, 15) is 0 Å². The molecule has 0 saturated carbocycles. The lowest BCUT2D eigenvalue weighted by atomic mass is 9.94. The topological polar surface area (TPSA) is 24.9 Å². The summed E-state index contributed by atoms with van der Waals surface area (Å²) in [6.07, 6.45) is 4.67. The van der Waals surface area contributed by atoms with Gasteiger partial charge in [-0.25, -0.2) is 0 Å². The average Bonchev–Trinajstić information content (AvgIpc) is 2.47. The van der Waals surface area contributed by atoms with Crippen LogP contribution in [0.3, 0.4) is 0 Å². The Morgan fingerprint density at radius 1 is 1.15 bits per heavy atom. The van der Waals surface area contributed by atoms with E-state index in [2.05, 4.69) is 24.1 Å². The molecule has 0 radical (unpaired) electrons. The smallest absolute Gasteiger partial charge is 0.0595 e. The second kappa shape index (κ2) is 7.07. The number of nitrogens with one attached hydrogen (secondary N) is 1. The van der Waals surface area contributed by atoms with E-state index in [0.29, 0.717) is 5.02 Å². The molecule has 1 unspecified atom stereocenters. The van der Waals surface area contributed by atoms with Crippen molar-refractivity contribution in [3.63, 3.8) is 0 Å².